The second-order valence-electron chi connectivity index (χ2n) is 5.00. The van der Waals surface area contributed by atoms with Crippen molar-refractivity contribution in [3.63, 3.8) is 0 Å². The number of fused-ring (bicyclic) bond motifs is 2. The molecular formula is C15H16N2O4. The number of pyridine rings is 1. The molecule has 1 aliphatic heterocycles. The zero-order valence-corrected chi connectivity index (χ0v) is 11.6. The lowest BCUT2D eigenvalue weighted by molar-refractivity contribution is -0.140. The number of rotatable bonds is 4. The van der Waals surface area contributed by atoms with E-state index in [4.69, 9.17) is 14.6 Å². The quantitative estimate of drug-likeness (QED) is 0.897. The topological polar surface area (TPSA) is 80.7 Å². The first-order chi connectivity index (χ1) is 10.1. The summed E-state index contributed by atoms with van der Waals surface area (Å²) in [6.07, 6.45) is 1.69. The van der Waals surface area contributed by atoms with E-state index in [1.165, 1.54) is 0 Å². The van der Waals surface area contributed by atoms with Gasteiger partial charge < -0.3 is 19.9 Å². The molecule has 0 bridgehead atoms. The molecule has 3 rings (SSSR count). The third kappa shape index (κ3) is 2.69. The summed E-state index contributed by atoms with van der Waals surface area (Å²) >= 11 is 0. The van der Waals surface area contributed by atoms with Crippen molar-refractivity contribution in [1.29, 1.82) is 0 Å². The van der Waals surface area contributed by atoms with E-state index in [2.05, 4.69) is 10.3 Å². The number of carboxylic acids is 1. The lowest BCUT2D eigenvalue weighted by Gasteiger charge is -2.19. The van der Waals surface area contributed by atoms with E-state index in [1.807, 2.05) is 18.2 Å². The number of nitrogens with zero attached hydrogens (tertiary/aromatic N) is 1. The molecule has 110 valence electrons. The Labute approximate surface area is 121 Å². The SMILES string of the molecule is CC(CNc1nccc2cc3c(cc12)OCCO3)C(=O)O. The van der Waals surface area contributed by atoms with E-state index in [-0.39, 0.29) is 0 Å². The van der Waals surface area contributed by atoms with Crippen molar-refractivity contribution in [3.05, 3.63) is 24.4 Å². The standard InChI is InChI=1S/C15H16N2O4/c1-9(15(18)19)8-17-14-11-7-13-12(20-4-5-21-13)6-10(11)2-3-16-14/h2-3,6-7,9H,4-5,8H2,1H3,(H,16,17)(H,18,19). The van der Waals surface area contributed by atoms with E-state index in [0.29, 0.717) is 31.3 Å². The van der Waals surface area contributed by atoms with Gasteiger partial charge in [-0.2, -0.15) is 0 Å². The van der Waals surface area contributed by atoms with Crippen molar-refractivity contribution >= 4 is 22.6 Å². The average Bonchev–Trinajstić information content (AvgIpc) is 2.50. The van der Waals surface area contributed by atoms with Gasteiger partial charge in [0, 0.05) is 18.1 Å². The van der Waals surface area contributed by atoms with Gasteiger partial charge in [-0.25, -0.2) is 4.98 Å². The molecule has 0 saturated carbocycles. The van der Waals surface area contributed by atoms with Gasteiger partial charge >= 0.3 is 5.97 Å². The number of nitrogens with one attached hydrogen (secondary N) is 1. The monoisotopic (exact) mass is 288 g/mol. The largest absolute Gasteiger partial charge is 0.486 e. The van der Waals surface area contributed by atoms with Crippen molar-refractivity contribution < 1.29 is 19.4 Å². The molecule has 6 heteroatoms. The molecule has 1 aromatic carbocycles. The molecule has 1 aliphatic rings. The number of aromatic nitrogens is 1. The van der Waals surface area contributed by atoms with Gasteiger partial charge in [0.25, 0.3) is 0 Å². The third-order valence-corrected chi connectivity index (χ3v) is 3.42. The zero-order chi connectivity index (χ0) is 14.8. The molecule has 0 amide bonds. The van der Waals surface area contributed by atoms with Gasteiger partial charge in [0.05, 0.1) is 5.92 Å². The molecule has 0 saturated heterocycles. The summed E-state index contributed by atoms with van der Waals surface area (Å²) in [6.45, 7) is 3.04. The highest BCUT2D eigenvalue weighted by atomic mass is 16.6. The molecule has 6 nitrogen and oxygen atoms in total. The van der Waals surface area contributed by atoms with Crippen LogP contribution in [0.1, 0.15) is 6.92 Å². The van der Waals surface area contributed by atoms with Gasteiger partial charge in [-0.3, -0.25) is 4.79 Å². The summed E-state index contributed by atoms with van der Waals surface area (Å²) in [5, 5.41) is 13.9. The molecule has 2 aromatic rings. The Balaban J connectivity index is 1.93. The fourth-order valence-electron chi connectivity index (χ4n) is 2.19. The predicted molar refractivity (Wildman–Crippen MR) is 78.0 cm³/mol. The highest BCUT2D eigenvalue weighted by Gasteiger charge is 2.16. The second kappa shape index (κ2) is 5.47. The fourth-order valence-corrected chi connectivity index (χ4v) is 2.19. The maximum atomic E-state index is 10.9. The molecule has 2 heterocycles. The van der Waals surface area contributed by atoms with E-state index in [9.17, 15) is 4.79 Å². The number of carbonyl (C=O) groups is 1. The lowest BCUT2D eigenvalue weighted by Crippen LogP contribution is -2.20. The van der Waals surface area contributed by atoms with E-state index < -0.39 is 11.9 Å². The predicted octanol–water partition coefficient (Wildman–Crippen LogP) is 2.14. The number of anilines is 1. The number of hydrogen-bond donors (Lipinski definition) is 2. The average molecular weight is 288 g/mol. The van der Waals surface area contributed by atoms with Gasteiger partial charge in [0.1, 0.15) is 19.0 Å². The summed E-state index contributed by atoms with van der Waals surface area (Å²) in [7, 11) is 0. The van der Waals surface area contributed by atoms with Crippen molar-refractivity contribution in [2.45, 2.75) is 6.92 Å². The Morgan fingerprint density at radius 2 is 2.10 bits per heavy atom. The Morgan fingerprint density at radius 1 is 1.38 bits per heavy atom. The van der Waals surface area contributed by atoms with Crippen LogP contribution in [0.2, 0.25) is 0 Å². The van der Waals surface area contributed by atoms with Crippen LogP contribution in [0.4, 0.5) is 5.82 Å². The van der Waals surface area contributed by atoms with Crippen LogP contribution in [0.5, 0.6) is 11.5 Å². The molecule has 2 N–H and O–H groups in total. The van der Waals surface area contributed by atoms with E-state index in [1.54, 1.807) is 13.1 Å². The molecule has 0 spiro atoms. The number of carboxylic acid groups (broad SMARTS) is 1. The fraction of sp³-hybridized carbons (Fsp3) is 0.333. The molecule has 0 fully saturated rings. The molecule has 1 atom stereocenters. The van der Waals surface area contributed by atoms with Crippen molar-refractivity contribution in [2.75, 3.05) is 25.1 Å². The minimum Gasteiger partial charge on any atom is -0.486 e. The van der Waals surface area contributed by atoms with Gasteiger partial charge in [-0.05, 0) is 23.6 Å². The number of hydrogen-bond acceptors (Lipinski definition) is 5. The van der Waals surface area contributed by atoms with Gasteiger partial charge in [-0.1, -0.05) is 6.92 Å². The van der Waals surface area contributed by atoms with Gasteiger partial charge in [-0.15, -0.1) is 0 Å². The maximum absolute atomic E-state index is 10.9. The smallest absolute Gasteiger partial charge is 0.308 e. The van der Waals surface area contributed by atoms with Crippen LogP contribution in [0.3, 0.4) is 0 Å². The van der Waals surface area contributed by atoms with Crippen LogP contribution >= 0.6 is 0 Å². The van der Waals surface area contributed by atoms with Crippen LogP contribution < -0.4 is 14.8 Å². The second-order valence-corrected chi connectivity index (χ2v) is 5.00. The summed E-state index contributed by atoms with van der Waals surface area (Å²) < 4.78 is 11.1. The molecule has 1 unspecified atom stereocenters. The highest BCUT2D eigenvalue weighted by molar-refractivity contribution is 5.94. The van der Waals surface area contributed by atoms with Crippen molar-refractivity contribution in [1.82, 2.24) is 4.98 Å². The Hall–Kier alpha value is -2.50. The van der Waals surface area contributed by atoms with E-state index >= 15 is 0 Å². The van der Waals surface area contributed by atoms with Crippen LogP contribution in [0, 0.1) is 5.92 Å². The van der Waals surface area contributed by atoms with Crippen LogP contribution in [0.15, 0.2) is 24.4 Å². The molecule has 0 aliphatic carbocycles. The van der Waals surface area contributed by atoms with Crippen molar-refractivity contribution in [3.8, 4) is 11.5 Å². The normalized spacial score (nSPS) is 14.7. The van der Waals surface area contributed by atoms with Crippen LogP contribution in [-0.2, 0) is 4.79 Å². The Bertz CT molecular complexity index is 687. The first-order valence-electron chi connectivity index (χ1n) is 6.80. The summed E-state index contributed by atoms with van der Waals surface area (Å²) in [6, 6.07) is 5.68. The number of benzene rings is 1. The Morgan fingerprint density at radius 3 is 2.81 bits per heavy atom. The zero-order valence-electron chi connectivity index (χ0n) is 11.6. The summed E-state index contributed by atoms with van der Waals surface area (Å²) in [5.41, 5.74) is 0. The minimum atomic E-state index is -0.836. The highest BCUT2D eigenvalue weighted by Crippen LogP contribution is 2.36. The first-order valence-corrected chi connectivity index (χ1v) is 6.80. The van der Waals surface area contributed by atoms with Crippen molar-refractivity contribution in [2.24, 2.45) is 5.92 Å². The van der Waals surface area contributed by atoms with Crippen LogP contribution in [-0.4, -0.2) is 35.8 Å². The molecule has 21 heavy (non-hydrogen) atoms. The third-order valence-electron chi connectivity index (χ3n) is 3.42. The summed E-state index contributed by atoms with van der Waals surface area (Å²) in [4.78, 5) is 15.2. The number of aliphatic carboxylic acids is 1. The maximum Gasteiger partial charge on any atom is 0.308 e. The lowest BCUT2D eigenvalue weighted by atomic mass is 10.1. The Kier molecular flexibility index (Phi) is 3.51. The summed E-state index contributed by atoms with van der Waals surface area (Å²) in [5.74, 6) is 0.745. The van der Waals surface area contributed by atoms with Gasteiger partial charge in [0.2, 0.25) is 0 Å². The molecule has 1 aromatic heterocycles. The van der Waals surface area contributed by atoms with E-state index in [0.717, 1.165) is 16.5 Å². The van der Waals surface area contributed by atoms with Crippen LogP contribution in [0.25, 0.3) is 10.8 Å². The molecular weight excluding hydrogens is 272 g/mol. The first kappa shape index (κ1) is 13.5. The minimum absolute atomic E-state index is 0.315. The van der Waals surface area contributed by atoms with Gasteiger partial charge in [0.15, 0.2) is 11.5 Å². The number of ether oxygens (including phenoxy) is 2. The molecule has 0 radical (unpaired) electrons.